The zero-order valence-corrected chi connectivity index (χ0v) is 12.6. The molecule has 2 heterocycles. The Bertz CT molecular complexity index is 971. The molecule has 0 saturated heterocycles. The summed E-state index contributed by atoms with van der Waals surface area (Å²) in [4.78, 5) is 4.62. The predicted molar refractivity (Wildman–Crippen MR) is 89.4 cm³/mol. The number of nitrogens with zero attached hydrogens (tertiary/aromatic N) is 2. The van der Waals surface area contributed by atoms with Crippen molar-refractivity contribution in [2.24, 2.45) is 0 Å². The van der Waals surface area contributed by atoms with E-state index in [0.29, 0.717) is 0 Å². The quantitative estimate of drug-likeness (QED) is 0.544. The summed E-state index contributed by atoms with van der Waals surface area (Å²) in [6.45, 7) is 2.14. The number of ether oxygens (including phenoxy) is 1. The molecule has 2 aromatic carbocycles. The van der Waals surface area contributed by atoms with E-state index in [1.807, 2.05) is 36.7 Å². The van der Waals surface area contributed by atoms with Crippen molar-refractivity contribution in [3.63, 3.8) is 0 Å². The fourth-order valence-electron chi connectivity index (χ4n) is 3.07. The molecule has 0 aliphatic carbocycles. The van der Waals surface area contributed by atoms with E-state index < -0.39 is 0 Å². The van der Waals surface area contributed by atoms with E-state index in [0.717, 1.165) is 22.5 Å². The lowest BCUT2D eigenvalue weighted by Gasteiger charge is -2.05. The SMILES string of the molecule is COc1ccc2c(c1)c(C)c1c(-c3ccccc3)nccn12. The Balaban J connectivity index is 2.13. The number of hydrogen-bond acceptors (Lipinski definition) is 2. The van der Waals surface area contributed by atoms with Crippen LogP contribution in [0.4, 0.5) is 0 Å². The average Bonchev–Trinajstić information content (AvgIpc) is 2.88. The first-order valence-electron chi connectivity index (χ1n) is 7.28. The molecule has 4 rings (SSSR count). The topological polar surface area (TPSA) is 26.5 Å². The van der Waals surface area contributed by atoms with Gasteiger partial charge in [0.2, 0.25) is 0 Å². The highest BCUT2D eigenvalue weighted by Gasteiger charge is 2.14. The average molecular weight is 288 g/mol. The molecule has 0 unspecified atom stereocenters. The molecule has 0 atom stereocenters. The lowest BCUT2D eigenvalue weighted by Crippen LogP contribution is -1.91. The number of methoxy groups -OCH3 is 1. The molecule has 0 aliphatic heterocycles. The zero-order chi connectivity index (χ0) is 15.1. The summed E-state index contributed by atoms with van der Waals surface area (Å²) in [6, 6.07) is 16.5. The number of aryl methyl sites for hydroxylation is 1. The maximum atomic E-state index is 5.36. The van der Waals surface area contributed by atoms with Crippen molar-refractivity contribution in [2.75, 3.05) is 7.11 Å². The predicted octanol–water partition coefficient (Wildman–Crippen LogP) is 4.47. The molecule has 4 aromatic rings. The van der Waals surface area contributed by atoms with Crippen molar-refractivity contribution < 1.29 is 4.74 Å². The van der Waals surface area contributed by atoms with Gasteiger partial charge in [0.1, 0.15) is 5.75 Å². The summed E-state index contributed by atoms with van der Waals surface area (Å²) in [5.74, 6) is 0.876. The third-order valence-corrected chi connectivity index (χ3v) is 4.15. The van der Waals surface area contributed by atoms with Crippen molar-refractivity contribution in [3.8, 4) is 17.0 Å². The van der Waals surface area contributed by atoms with Crippen LogP contribution in [0.3, 0.4) is 0 Å². The van der Waals surface area contributed by atoms with Gasteiger partial charge < -0.3 is 9.14 Å². The van der Waals surface area contributed by atoms with E-state index in [1.54, 1.807) is 7.11 Å². The molecule has 2 aromatic heterocycles. The lowest BCUT2D eigenvalue weighted by molar-refractivity contribution is 0.415. The largest absolute Gasteiger partial charge is 0.497 e. The summed E-state index contributed by atoms with van der Waals surface area (Å²) in [5, 5.41) is 1.20. The maximum absolute atomic E-state index is 5.36. The van der Waals surface area contributed by atoms with Crippen LogP contribution in [0, 0.1) is 6.92 Å². The number of rotatable bonds is 2. The molecule has 22 heavy (non-hydrogen) atoms. The minimum Gasteiger partial charge on any atom is -0.497 e. The van der Waals surface area contributed by atoms with Crippen LogP contribution >= 0.6 is 0 Å². The van der Waals surface area contributed by atoms with E-state index in [9.17, 15) is 0 Å². The summed E-state index contributed by atoms with van der Waals surface area (Å²) >= 11 is 0. The molecule has 108 valence electrons. The van der Waals surface area contributed by atoms with Crippen LogP contribution in [0.15, 0.2) is 60.9 Å². The molecule has 3 nitrogen and oxygen atoms in total. The molecule has 0 amide bonds. The van der Waals surface area contributed by atoms with Crippen LogP contribution in [0.25, 0.3) is 27.7 Å². The van der Waals surface area contributed by atoms with Gasteiger partial charge in [-0.1, -0.05) is 30.3 Å². The van der Waals surface area contributed by atoms with Gasteiger partial charge in [-0.25, -0.2) is 0 Å². The van der Waals surface area contributed by atoms with Gasteiger partial charge in [0.15, 0.2) is 0 Å². The molecular formula is C19H16N2O. The minimum atomic E-state index is 0.876. The van der Waals surface area contributed by atoms with Gasteiger partial charge in [-0.2, -0.15) is 0 Å². The molecular weight excluding hydrogens is 272 g/mol. The van der Waals surface area contributed by atoms with Gasteiger partial charge in [0.05, 0.1) is 23.8 Å². The number of fused-ring (bicyclic) bond motifs is 3. The van der Waals surface area contributed by atoms with Gasteiger partial charge in [0.25, 0.3) is 0 Å². The Morgan fingerprint density at radius 1 is 1.05 bits per heavy atom. The standard InChI is InChI=1S/C19H16N2O/c1-13-16-12-15(22-2)8-9-17(16)21-11-10-20-18(19(13)21)14-6-4-3-5-7-14/h3-12H,1-2H3. The van der Waals surface area contributed by atoms with Gasteiger partial charge in [-0.05, 0) is 30.7 Å². The van der Waals surface area contributed by atoms with Gasteiger partial charge in [0, 0.05) is 23.3 Å². The summed E-state index contributed by atoms with van der Waals surface area (Å²) in [5.41, 5.74) is 5.69. The van der Waals surface area contributed by atoms with Crippen LogP contribution in [0.2, 0.25) is 0 Å². The number of benzene rings is 2. The van der Waals surface area contributed by atoms with Crippen LogP contribution in [0.5, 0.6) is 5.75 Å². The Morgan fingerprint density at radius 2 is 1.86 bits per heavy atom. The first-order chi connectivity index (χ1) is 10.8. The maximum Gasteiger partial charge on any atom is 0.119 e. The Kier molecular flexibility index (Phi) is 2.86. The summed E-state index contributed by atoms with van der Waals surface area (Å²) < 4.78 is 7.57. The monoisotopic (exact) mass is 288 g/mol. The van der Waals surface area contributed by atoms with Crippen molar-refractivity contribution in [2.45, 2.75) is 6.92 Å². The Morgan fingerprint density at radius 3 is 2.64 bits per heavy atom. The lowest BCUT2D eigenvalue weighted by atomic mass is 10.1. The van der Waals surface area contributed by atoms with Crippen molar-refractivity contribution >= 4 is 16.4 Å². The first kappa shape index (κ1) is 12.9. The van der Waals surface area contributed by atoms with Crippen molar-refractivity contribution in [1.82, 2.24) is 9.38 Å². The fourth-order valence-corrected chi connectivity index (χ4v) is 3.07. The highest BCUT2D eigenvalue weighted by molar-refractivity contribution is 5.97. The van der Waals surface area contributed by atoms with E-state index in [4.69, 9.17) is 4.74 Å². The van der Waals surface area contributed by atoms with E-state index >= 15 is 0 Å². The molecule has 0 aliphatic rings. The summed E-state index contributed by atoms with van der Waals surface area (Å²) in [7, 11) is 1.70. The van der Waals surface area contributed by atoms with E-state index in [-0.39, 0.29) is 0 Å². The van der Waals surface area contributed by atoms with Crippen LogP contribution in [0.1, 0.15) is 5.56 Å². The number of hydrogen-bond donors (Lipinski definition) is 0. The molecule has 0 spiro atoms. The van der Waals surface area contributed by atoms with Crippen LogP contribution in [-0.4, -0.2) is 16.5 Å². The highest BCUT2D eigenvalue weighted by Crippen LogP contribution is 2.33. The second-order valence-electron chi connectivity index (χ2n) is 5.37. The molecule has 3 heteroatoms. The van der Waals surface area contributed by atoms with E-state index in [2.05, 4.69) is 40.6 Å². The van der Waals surface area contributed by atoms with E-state index in [1.165, 1.54) is 16.5 Å². The fraction of sp³-hybridized carbons (Fsp3) is 0.105. The number of aromatic nitrogens is 2. The molecule has 0 N–H and O–H groups in total. The van der Waals surface area contributed by atoms with Crippen molar-refractivity contribution in [1.29, 1.82) is 0 Å². The normalized spacial score (nSPS) is 11.2. The third-order valence-electron chi connectivity index (χ3n) is 4.15. The highest BCUT2D eigenvalue weighted by atomic mass is 16.5. The van der Waals surface area contributed by atoms with Crippen LogP contribution < -0.4 is 4.74 Å². The second-order valence-corrected chi connectivity index (χ2v) is 5.37. The van der Waals surface area contributed by atoms with Gasteiger partial charge in [-0.3, -0.25) is 4.98 Å². The molecule has 0 saturated carbocycles. The first-order valence-corrected chi connectivity index (χ1v) is 7.28. The molecule has 0 radical (unpaired) electrons. The Hall–Kier alpha value is -2.81. The van der Waals surface area contributed by atoms with Crippen molar-refractivity contribution in [3.05, 3.63) is 66.5 Å². The van der Waals surface area contributed by atoms with Crippen LogP contribution in [-0.2, 0) is 0 Å². The summed E-state index contributed by atoms with van der Waals surface area (Å²) in [6.07, 6.45) is 3.88. The molecule has 0 fully saturated rings. The van der Waals surface area contributed by atoms with Gasteiger partial charge >= 0.3 is 0 Å². The van der Waals surface area contributed by atoms with Gasteiger partial charge in [-0.15, -0.1) is 0 Å². The minimum absolute atomic E-state index is 0.876. The third kappa shape index (κ3) is 1.79. The zero-order valence-electron chi connectivity index (χ0n) is 12.6. The molecule has 0 bridgehead atoms. The Labute approximate surface area is 128 Å². The second kappa shape index (κ2) is 4.88. The smallest absolute Gasteiger partial charge is 0.119 e.